The first-order chi connectivity index (χ1) is 12.5. The Morgan fingerprint density at radius 3 is 2.50 bits per heavy atom. The van der Waals surface area contributed by atoms with Gasteiger partial charge in [0, 0.05) is 18.2 Å². The van der Waals surface area contributed by atoms with Gasteiger partial charge in [0.25, 0.3) is 5.69 Å². The molecule has 8 nitrogen and oxygen atoms in total. The zero-order valence-electron chi connectivity index (χ0n) is 15.1. The van der Waals surface area contributed by atoms with Crippen molar-refractivity contribution in [2.24, 2.45) is 23.5 Å². The summed E-state index contributed by atoms with van der Waals surface area (Å²) in [5.41, 5.74) is 6.64. The molecule has 0 heterocycles. The maximum absolute atomic E-state index is 12.5. The lowest BCUT2D eigenvalue weighted by Crippen LogP contribution is -2.45. The second kappa shape index (κ2) is 7.49. The Morgan fingerprint density at radius 2 is 1.92 bits per heavy atom. The molecular weight excluding hydrogens is 338 g/mol. The Kier molecular flexibility index (Phi) is 5.31. The predicted octanol–water partition coefficient (Wildman–Crippen LogP) is 1.64. The number of carbonyl (C=O) groups is 1. The summed E-state index contributed by atoms with van der Waals surface area (Å²) in [5.74, 6) is 1.41. The molecule has 4 unspecified atom stereocenters. The fourth-order valence-electron chi connectivity index (χ4n) is 4.44. The molecule has 142 valence electrons. The molecule has 2 aliphatic carbocycles. The van der Waals surface area contributed by atoms with Crippen molar-refractivity contribution in [3.63, 3.8) is 0 Å². The van der Waals surface area contributed by atoms with Crippen molar-refractivity contribution in [1.82, 2.24) is 5.32 Å². The fourth-order valence-corrected chi connectivity index (χ4v) is 4.44. The standard InChI is InChI=1S/C18H25N3O5/c1-25-14-8-10(13(21(23)24)9-15(14)26-2)5-6-20-18(22)16-11-3-4-12(7-11)17(16)19/h8-9,11-12,16-17H,3-7,19H2,1-2H3,(H,20,22). The lowest BCUT2D eigenvalue weighted by Gasteiger charge is -2.27. The van der Waals surface area contributed by atoms with Gasteiger partial charge in [-0.3, -0.25) is 14.9 Å². The van der Waals surface area contributed by atoms with E-state index in [2.05, 4.69) is 5.32 Å². The molecule has 0 aliphatic heterocycles. The predicted molar refractivity (Wildman–Crippen MR) is 95.2 cm³/mol. The van der Waals surface area contributed by atoms with Crippen molar-refractivity contribution in [1.29, 1.82) is 0 Å². The molecule has 4 atom stereocenters. The number of hydrogen-bond donors (Lipinski definition) is 2. The average Bonchev–Trinajstić information content (AvgIpc) is 3.21. The topological polar surface area (TPSA) is 117 Å². The van der Waals surface area contributed by atoms with E-state index in [1.54, 1.807) is 6.07 Å². The van der Waals surface area contributed by atoms with Crippen molar-refractivity contribution in [3.8, 4) is 11.5 Å². The van der Waals surface area contributed by atoms with E-state index >= 15 is 0 Å². The third-order valence-corrected chi connectivity index (χ3v) is 5.76. The number of fused-ring (bicyclic) bond motifs is 2. The minimum atomic E-state index is -0.453. The number of nitrogens with two attached hydrogens (primary N) is 1. The van der Waals surface area contributed by atoms with Crippen LogP contribution < -0.4 is 20.5 Å². The number of ether oxygens (including phenoxy) is 2. The summed E-state index contributed by atoms with van der Waals surface area (Å²) < 4.78 is 10.3. The van der Waals surface area contributed by atoms with E-state index in [0.717, 1.165) is 19.3 Å². The van der Waals surface area contributed by atoms with Crippen molar-refractivity contribution >= 4 is 11.6 Å². The number of benzene rings is 1. The molecule has 1 aromatic carbocycles. The first kappa shape index (κ1) is 18.4. The highest BCUT2D eigenvalue weighted by atomic mass is 16.6. The SMILES string of the molecule is COc1cc(CCNC(=O)C2C3CCC(C3)C2N)c([N+](=O)[O-])cc1OC. The lowest BCUT2D eigenvalue weighted by atomic mass is 9.84. The molecule has 26 heavy (non-hydrogen) atoms. The van der Waals surface area contributed by atoms with E-state index in [1.165, 1.54) is 20.3 Å². The van der Waals surface area contributed by atoms with Crippen LogP contribution in [0.2, 0.25) is 0 Å². The Labute approximate surface area is 152 Å². The van der Waals surface area contributed by atoms with Crippen molar-refractivity contribution in [2.45, 2.75) is 31.7 Å². The number of amides is 1. The zero-order valence-corrected chi connectivity index (χ0v) is 15.1. The van der Waals surface area contributed by atoms with Gasteiger partial charge in [0.1, 0.15) is 0 Å². The largest absolute Gasteiger partial charge is 0.493 e. The molecule has 2 saturated carbocycles. The van der Waals surface area contributed by atoms with Gasteiger partial charge in [-0.2, -0.15) is 0 Å². The fraction of sp³-hybridized carbons (Fsp3) is 0.611. The molecule has 0 aromatic heterocycles. The quantitative estimate of drug-likeness (QED) is 0.562. The first-order valence-corrected chi connectivity index (χ1v) is 8.88. The van der Waals surface area contributed by atoms with Gasteiger partial charge >= 0.3 is 0 Å². The van der Waals surface area contributed by atoms with E-state index in [0.29, 0.717) is 41.9 Å². The Hall–Kier alpha value is -2.35. The van der Waals surface area contributed by atoms with Crippen LogP contribution in [0.1, 0.15) is 24.8 Å². The van der Waals surface area contributed by atoms with Gasteiger partial charge in [-0.15, -0.1) is 0 Å². The molecule has 0 saturated heterocycles. The summed E-state index contributed by atoms with van der Waals surface area (Å²) in [4.78, 5) is 23.4. The molecule has 8 heteroatoms. The van der Waals surface area contributed by atoms with Gasteiger partial charge in [-0.05, 0) is 43.6 Å². The molecule has 1 amide bonds. The Bertz CT molecular complexity index is 706. The van der Waals surface area contributed by atoms with E-state index in [9.17, 15) is 14.9 Å². The lowest BCUT2D eigenvalue weighted by molar-refractivity contribution is -0.385. The molecule has 3 N–H and O–H groups in total. The summed E-state index contributed by atoms with van der Waals surface area (Å²) in [6.45, 7) is 0.315. The maximum atomic E-state index is 12.5. The monoisotopic (exact) mass is 363 g/mol. The van der Waals surface area contributed by atoms with Crippen molar-refractivity contribution in [2.75, 3.05) is 20.8 Å². The van der Waals surface area contributed by atoms with Crippen LogP contribution in [-0.4, -0.2) is 37.6 Å². The van der Waals surface area contributed by atoms with Crippen LogP contribution in [0.25, 0.3) is 0 Å². The average molecular weight is 363 g/mol. The number of hydrogen-bond acceptors (Lipinski definition) is 6. The van der Waals surface area contributed by atoms with Crippen molar-refractivity contribution in [3.05, 3.63) is 27.8 Å². The number of rotatable bonds is 7. The molecule has 0 spiro atoms. The smallest absolute Gasteiger partial charge is 0.276 e. The molecule has 0 radical (unpaired) electrons. The second-order valence-corrected chi connectivity index (χ2v) is 7.07. The van der Waals surface area contributed by atoms with Crippen molar-refractivity contribution < 1.29 is 19.2 Å². The van der Waals surface area contributed by atoms with Crippen LogP contribution in [0.3, 0.4) is 0 Å². The Morgan fingerprint density at radius 1 is 1.27 bits per heavy atom. The summed E-state index contributed by atoms with van der Waals surface area (Å²) in [6, 6.07) is 2.87. The number of nitro groups is 1. The van der Waals surface area contributed by atoms with Gasteiger partial charge in [0.05, 0.1) is 31.1 Å². The maximum Gasteiger partial charge on any atom is 0.276 e. The number of nitrogens with one attached hydrogen (secondary N) is 1. The Balaban J connectivity index is 1.66. The van der Waals surface area contributed by atoms with E-state index in [1.807, 2.05) is 0 Å². The second-order valence-electron chi connectivity index (χ2n) is 7.07. The molecule has 1 aromatic rings. The first-order valence-electron chi connectivity index (χ1n) is 8.88. The molecule has 2 fully saturated rings. The minimum absolute atomic E-state index is 0.0344. The van der Waals surface area contributed by atoms with Gasteiger partial charge in [-0.1, -0.05) is 0 Å². The van der Waals surface area contributed by atoms with E-state index in [4.69, 9.17) is 15.2 Å². The summed E-state index contributed by atoms with van der Waals surface area (Å²) in [5, 5.41) is 14.2. The highest BCUT2D eigenvalue weighted by Gasteiger charge is 2.48. The third kappa shape index (κ3) is 3.33. The van der Waals surface area contributed by atoms with Gasteiger partial charge in [0.15, 0.2) is 11.5 Å². The van der Waals surface area contributed by atoms with Crippen LogP contribution in [-0.2, 0) is 11.2 Å². The molecule has 2 bridgehead atoms. The highest BCUT2D eigenvalue weighted by Crippen LogP contribution is 2.47. The third-order valence-electron chi connectivity index (χ3n) is 5.76. The normalized spacial score (nSPS) is 26.6. The van der Waals surface area contributed by atoms with Crippen LogP contribution in [0.5, 0.6) is 11.5 Å². The van der Waals surface area contributed by atoms with Gasteiger partial charge < -0.3 is 20.5 Å². The van der Waals surface area contributed by atoms with Gasteiger partial charge in [0.2, 0.25) is 5.91 Å². The summed E-state index contributed by atoms with van der Waals surface area (Å²) in [7, 11) is 2.91. The van der Waals surface area contributed by atoms with Crippen LogP contribution in [0.4, 0.5) is 5.69 Å². The zero-order chi connectivity index (χ0) is 18.8. The van der Waals surface area contributed by atoms with Crippen LogP contribution in [0.15, 0.2) is 12.1 Å². The molecule has 3 rings (SSSR count). The highest BCUT2D eigenvalue weighted by molar-refractivity contribution is 5.80. The van der Waals surface area contributed by atoms with E-state index in [-0.39, 0.29) is 23.6 Å². The molecule has 2 aliphatic rings. The summed E-state index contributed by atoms with van der Waals surface area (Å²) >= 11 is 0. The summed E-state index contributed by atoms with van der Waals surface area (Å²) in [6.07, 6.45) is 3.56. The van der Waals surface area contributed by atoms with Crippen LogP contribution >= 0.6 is 0 Å². The van der Waals surface area contributed by atoms with E-state index < -0.39 is 4.92 Å². The van der Waals surface area contributed by atoms with Gasteiger partial charge in [-0.25, -0.2) is 0 Å². The number of methoxy groups -OCH3 is 2. The number of carbonyl (C=O) groups excluding carboxylic acids is 1. The molecular formula is C18H25N3O5. The van der Waals surface area contributed by atoms with Crippen LogP contribution in [0, 0.1) is 27.9 Å². The number of nitrogens with zero attached hydrogens (tertiary/aromatic N) is 1. The number of nitro benzene ring substituents is 1. The minimum Gasteiger partial charge on any atom is -0.493 e.